The molecule has 142 valence electrons. The van der Waals surface area contributed by atoms with Gasteiger partial charge in [-0.2, -0.15) is 0 Å². The molecule has 2 rings (SSSR count). The monoisotopic (exact) mass is 400 g/mol. The second-order valence-electron chi connectivity index (χ2n) is 6.38. The first-order valence-corrected chi connectivity index (χ1v) is 10.0. The van der Waals surface area contributed by atoms with Gasteiger partial charge in [0.1, 0.15) is 0 Å². The topological polar surface area (TPSA) is 49.4 Å². The summed E-state index contributed by atoms with van der Waals surface area (Å²) in [6.07, 6.45) is 2.21. The molecule has 0 atom stereocenters. The highest BCUT2D eigenvalue weighted by molar-refractivity contribution is 8.12. The van der Waals surface area contributed by atoms with Crippen molar-refractivity contribution in [3.05, 3.63) is 65.7 Å². The summed E-state index contributed by atoms with van der Waals surface area (Å²) in [5, 5.41) is 0.0226. The molecule has 0 fully saturated rings. The third kappa shape index (κ3) is 7.53. The molecular weight excluding hydrogens is 376 g/mol. The van der Waals surface area contributed by atoms with Crippen molar-refractivity contribution in [1.82, 2.24) is 4.72 Å². The van der Waals surface area contributed by atoms with Gasteiger partial charge >= 0.3 is 0 Å². The largest absolute Gasteiger partial charge is 0.378 e. The van der Waals surface area contributed by atoms with Crippen LogP contribution in [0.1, 0.15) is 35.2 Å². The van der Waals surface area contributed by atoms with Gasteiger partial charge in [-0.25, -0.2) is 0 Å². The highest BCUT2D eigenvalue weighted by Gasteiger charge is 2.10. The molecule has 0 heterocycles. The lowest BCUT2D eigenvalue weighted by Crippen LogP contribution is -2.19. The average molecular weight is 401 g/mol. The molecule has 27 heavy (non-hydrogen) atoms. The van der Waals surface area contributed by atoms with Crippen molar-refractivity contribution in [1.29, 1.82) is 0 Å². The highest BCUT2D eigenvalue weighted by Crippen LogP contribution is 2.15. The Morgan fingerprint density at radius 1 is 1.04 bits per heavy atom. The number of carbonyl (C=O) groups is 2. The van der Waals surface area contributed by atoms with Crippen molar-refractivity contribution in [3.8, 4) is 0 Å². The predicted octanol–water partition coefficient (Wildman–Crippen LogP) is 4.44. The first kappa shape index (κ1) is 21.1. The molecule has 0 aliphatic carbocycles. The van der Waals surface area contributed by atoms with E-state index in [2.05, 4.69) is 33.9 Å². The van der Waals surface area contributed by atoms with Gasteiger partial charge in [-0.15, -0.1) is 0 Å². The zero-order valence-corrected chi connectivity index (χ0v) is 17.2. The summed E-state index contributed by atoms with van der Waals surface area (Å²) >= 11 is 6.14. The van der Waals surface area contributed by atoms with Crippen LogP contribution in [0.5, 0.6) is 0 Å². The van der Waals surface area contributed by atoms with Crippen molar-refractivity contribution < 1.29 is 9.59 Å². The smallest absolute Gasteiger partial charge is 0.209 e. The summed E-state index contributed by atoms with van der Waals surface area (Å²) in [4.78, 5) is 26.5. The van der Waals surface area contributed by atoms with Gasteiger partial charge in [-0.1, -0.05) is 54.7 Å². The second-order valence-corrected chi connectivity index (χ2v) is 7.74. The molecule has 0 spiro atoms. The lowest BCUT2D eigenvalue weighted by atomic mass is 10.1. The van der Waals surface area contributed by atoms with E-state index < -0.39 is 0 Å². The van der Waals surface area contributed by atoms with Crippen molar-refractivity contribution >= 4 is 45.7 Å². The Bertz CT molecular complexity index is 775. The number of ketones is 1. The van der Waals surface area contributed by atoms with E-state index in [-0.39, 0.29) is 17.3 Å². The summed E-state index contributed by atoms with van der Waals surface area (Å²) in [5.74, 6) is -0.0534. The molecule has 0 bridgehead atoms. The van der Waals surface area contributed by atoms with Gasteiger partial charge in [0, 0.05) is 43.7 Å². The lowest BCUT2D eigenvalue weighted by Gasteiger charge is -2.12. The Morgan fingerprint density at radius 2 is 1.70 bits per heavy atom. The van der Waals surface area contributed by atoms with Crippen molar-refractivity contribution in [2.45, 2.75) is 25.7 Å². The molecule has 0 radical (unpaired) electrons. The molecule has 0 unspecified atom stereocenters. The van der Waals surface area contributed by atoms with Gasteiger partial charge < -0.3 is 9.62 Å². The van der Waals surface area contributed by atoms with E-state index in [1.807, 2.05) is 32.3 Å². The maximum Gasteiger partial charge on any atom is 0.209 e. The van der Waals surface area contributed by atoms with E-state index in [1.54, 1.807) is 12.1 Å². The average Bonchev–Trinajstić information content (AvgIpc) is 2.67. The van der Waals surface area contributed by atoms with Crippen LogP contribution in [0.4, 0.5) is 5.69 Å². The normalized spacial score (nSPS) is 10.3. The second kappa shape index (κ2) is 10.8. The summed E-state index contributed by atoms with van der Waals surface area (Å²) in [6, 6.07) is 17.4. The third-order valence-electron chi connectivity index (χ3n) is 3.99. The van der Waals surface area contributed by atoms with E-state index in [1.165, 1.54) is 5.56 Å². The van der Waals surface area contributed by atoms with E-state index in [0.717, 1.165) is 30.5 Å². The number of anilines is 1. The maximum atomic E-state index is 12.1. The summed E-state index contributed by atoms with van der Waals surface area (Å²) < 4.78 is 2.82. The van der Waals surface area contributed by atoms with Crippen LogP contribution in [0.3, 0.4) is 0 Å². The maximum absolute atomic E-state index is 12.1. The fraction of sp³-hybridized carbons (Fsp3) is 0.286. The first-order chi connectivity index (χ1) is 13.0. The lowest BCUT2D eigenvalue weighted by molar-refractivity contribution is -0.111. The summed E-state index contributed by atoms with van der Waals surface area (Å²) in [7, 11) is 4.02. The SMILES string of the molecule is CN(C)c1ccc(CCCC(=O)SNC(=S)CC(=O)c2ccccc2)cc1. The number of carbonyl (C=O) groups excluding carboxylic acids is 2. The van der Waals surface area contributed by atoms with Crippen LogP contribution in [0, 0.1) is 0 Å². The van der Waals surface area contributed by atoms with Gasteiger partial charge in [0.2, 0.25) is 5.12 Å². The van der Waals surface area contributed by atoms with Crippen LogP contribution in [-0.4, -0.2) is 30.0 Å². The van der Waals surface area contributed by atoms with Gasteiger partial charge in [-0.3, -0.25) is 9.59 Å². The van der Waals surface area contributed by atoms with Crippen LogP contribution in [0.15, 0.2) is 54.6 Å². The van der Waals surface area contributed by atoms with Crippen LogP contribution < -0.4 is 9.62 Å². The number of hydrogen-bond donors (Lipinski definition) is 1. The van der Waals surface area contributed by atoms with E-state index >= 15 is 0 Å². The number of nitrogens with one attached hydrogen (secondary N) is 1. The molecule has 2 aromatic rings. The van der Waals surface area contributed by atoms with Crippen molar-refractivity contribution in [2.24, 2.45) is 0 Å². The number of benzene rings is 2. The van der Waals surface area contributed by atoms with Crippen molar-refractivity contribution in [2.75, 3.05) is 19.0 Å². The van der Waals surface area contributed by atoms with Gasteiger partial charge in [0.15, 0.2) is 5.78 Å². The number of aryl methyl sites for hydroxylation is 1. The van der Waals surface area contributed by atoms with Crippen LogP contribution >= 0.6 is 24.2 Å². The fourth-order valence-corrected chi connectivity index (χ4v) is 3.27. The molecule has 0 saturated carbocycles. The Labute approximate surface area is 170 Å². The van der Waals surface area contributed by atoms with Crippen LogP contribution in [-0.2, 0) is 11.2 Å². The molecule has 0 aliphatic rings. The van der Waals surface area contributed by atoms with Gasteiger partial charge in [-0.05, 0) is 30.5 Å². The zero-order valence-electron chi connectivity index (χ0n) is 15.6. The Morgan fingerprint density at radius 3 is 2.33 bits per heavy atom. The number of nitrogens with zero attached hydrogens (tertiary/aromatic N) is 1. The first-order valence-electron chi connectivity index (χ1n) is 8.78. The standard InChI is InChI=1S/C21H24N2O2S2/c1-23(2)18-13-11-16(12-14-18)7-6-10-21(25)27-22-20(26)15-19(24)17-8-4-3-5-9-17/h3-5,8-9,11-14H,6-7,10,15H2,1-2H3,(H,22,26). The molecule has 0 aliphatic heterocycles. The fourth-order valence-electron chi connectivity index (χ4n) is 2.47. The van der Waals surface area contributed by atoms with E-state index in [0.29, 0.717) is 17.0 Å². The van der Waals surface area contributed by atoms with Gasteiger partial charge in [0.25, 0.3) is 0 Å². The summed E-state index contributed by atoms with van der Waals surface area (Å²) in [5.41, 5.74) is 3.00. The highest BCUT2D eigenvalue weighted by atomic mass is 32.2. The third-order valence-corrected chi connectivity index (χ3v) is 5.15. The minimum Gasteiger partial charge on any atom is -0.378 e. The van der Waals surface area contributed by atoms with Crippen molar-refractivity contribution in [3.63, 3.8) is 0 Å². The summed E-state index contributed by atoms with van der Waals surface area (Å²) in [6.45, 7) is 0. The predicted molar refractivity (Wildman–Crippen MR) is 117 cm³/mol. The number of thiocarbonyl (C=S) groups is 1. The Hall–Kier alpha value is -2.18. The van der Waals surface area contributed by atoms with E-state index in [9.17, 15) is 9.59 Å². The number of rotatable bonds is 8. The molecule has 1 N–H and O–H groups in total. The molecule has 0 saturated heterocycles. The minimum absolute atomic E-state index is 0.0226. The molecule has 6 heteroatoms. The quantitative estimate of drug-likeness (QED) is 0.402. The molecule has 4 nitrogen and oxygen atoms in total. The van der Waals surface area contributed by atoms with Crippen LogP contribution in [0.2, 0.25) is 0 Å². The number of Topliss-reactive ketones (excluding diaryl/α,β-unsaturated/α-hetero) is 1. The van der Waals surface area contributed by atoms with Crippen LogP contribution in [0.25, 0.3) is 0 Å². The van der Waals surface area contributed by atoms with E-state index in [4.69, 9.17) is 12.2 Å². The molecule has 2 aromatic carbocycles. The molecule has 0 amide bonds. The molecule has 0 aromatic heterocycles. The molecular formula is C21H24N2O2S2. The zero-order chi connectivity index (χ0) is 19.6. The minimum atomic E-state index is -0.0534. The Balaban J connectivity index is 1.65. The number of hydrogen-bond acceptors (Lipinski definition) is 5. The van der Waals surface area contributed by atoms with Gasteiger partial charge in [0.05, 0.1) is 11.4 Å². The Kier molecular flexibility index (Phi) is 8.48.